The van der Waals surface area contributed by atoms with Crippen LogP contribution in [-0.2, 0) is 0 Å². The molecule has 2 aromatic carbocycles. The molecule has 6 heteroatoms. The number of anilines is 2. The Bertz CT molecular complexity index is 900. The number of aromatic nitrogens is 2. The fourth-order valence-corrected chi connectivity index (χ4v) is 2.84. The number of hydrogen-bond acceptors (Lipinski definition) is 5. The molecule has 1 aromatic heterocycles. The van der Waals surface area contributed by atoms with Gasteiger partial charge < -0.3 is 14.8 Å². The average Bonchev–Trinajstić information content (AvgIpc) is 2.65. The summed E-state index contributed by atoms with van der Waals surface area (Å²) in [4.78, 5) is 9.04. The Balaban J connectivity index is 1.94. The molecule has 0 fully saturated rings. The molecular weight excluding hydrogens is 382 g/mol. The predicted molar refractivity (Wildman–Crippen MR) is 103 cm³/mol. The number of nitrogens with one attached hydrogen (secondary N) is 1. The Morgan fingerprint density at radius 2 is 1.88 bits per heavy atom. The van der Waals surface area contributed by atoms with Gasteiger partial charge in [0.15, 0.2) is 0 Å². The van der Waals surface area contributed by atoms with Crippen molar-refractivity contribution in [1.29, 1.82) is 0 Å². The first-order valence-corrected chi connectivity index (χ1v) is 8.48. The number of rotatable bonds is 5. The Hall–Kier alpha value is -2.60. The molecule has 0 saturated carbocycles. The van der Waals surface area contributed by atoms with Crippen molar-refractivity contribution in [1.82, 2.24) is 9.97 Å². The van der Waals surface area contributed by atoms with Gasteiger partial charge in [0.05, 0.1) is 24.4 Å². The minimum Gasteiger partial charge on any atom is -0.497 e. The summed E-state index contributed by atoms with van der Waals surface area (Å²) in [6, 6.07) is 13.6. The van der Waals surface area contributed by atoms with Crippen molar-refractivity contribution < 1.29 is 9.47 Å². The predicted octanol–water partition coefficient (Wildman–Crippen LogP) is 4.98. The second kappa shape index (κ2) is 7.53. The molecule has 0 radical (unpaired) electrons. The molecule has 0 aliphatic heterocycles. The summed E-state index contributed by atoms with van der Waals surface area (Å²) in [5.41, 5.74) is 3.68. The topological polar surface area (TPSA) is 56.3 Å². The molecule has 5 nitrogen and oxygen atoms in total. The molecule has 1 heterocycles. The summed E-state index contributed by atoms with van der Waals surface area (Å²) < 4.78 is 11.5. The van der Waals surface area contributed by atoms with Crippen LogP contribution >= 0.6 is 15.9 Å². The number of nitrogens with zero attached hydrogens (tertiary/aromatic N) is 2. The molecule has 0 atom stereocenters. The molecule has 3 rings (SSSR count). The van der Waals surface area contributed by atoms with Gasteiger partial charge in [-0.1, -0.05) is 12.1 Å². The number of hydrogen-bond donors (Lipinski definition) is 1. The van der Waals surface area contributed by atoms with Gasteiger partial charge in [-0.05, 0) is 52.7 Å². The zero-order valence-electron chi connectivity index (χ0n) is 14.2. The SMILES string of the molecule is COc1cccc(-c2nc(Nc3ccc(Br)c(OC)c3)ncc2C)c1. The second-order valence-corrected chi connectivity index (χ2v) is 6.29. The van der Waals surface area contributed by atoms with E-state index in [1.807, 2.05) is 49.4 Å². The average molecular weight is 400 g/mol. The van der Waals surface area contributed by atoms with Gasteiger partial charge in [-0.15, -0.1) is 0 Å². The lowest BCUT2D eigenvalue weighted by Gasteiger charge is -2.11. The Kier molecular flexibility index (Phi) is 5.19. The van der Waals surface area contributed by atoms with Crippen molar-refractivity contribution in [2.24, 2.45) is 0 Å². The normalized spacial score (nSPS) is 10.4. The van der Waals surface area contributed by atoms with Crippen LogP contribution in [0.4, 0.5) is 11.6 Å². The summed E-state index contributed by atoms with van der Waals surface area (Å²) in [5, 5.41) is 3.22. The third-order valence-electron chi connectivity index (χ3n) is 3.72. The smallest absolute Gasteiger partial charge is 0.227 e. The van der Waals surface area contributed by atoms with Crippen molar-refractivity contribution in [3.63, 3.8) is 0 Å². The highest BCUT2D eigenvalue weighted by molar-refractivity contribution is 9.10. The molecule has 3 aromatic rings. The van der Waals surface area contributed by atoms with E-state index in [1.165, 1.54) is 0 Å². The van der Waals surface area contributed by atoms with E-state index >= 15 is 0 Å². The fraction of sp³-hybridized carbons (Fsp3) is 0.158. The first-order valence-electron chi connectivity index (χ1n) is 7.69. The highest BCUT2D eigenvalue weighted by Gasteiger charge is 2.09. The molecule has 128 valence electrons. The number of aryl methyl sites for hydroxylation is 1. The van der Waals surface area contributed by atoms with E-state index in [1.54, 1.807) is 20.4 Å². The molecule has 1 N–H and O–H groups in total. The summed E-state index contributed by atoms with van der Waals surface area (Å²) in [6.07, 6.45) is 1.81. The zero-order chi connectivity index (χ0) is 17.8. The van der Waals surface area contributed by atoms with E-state index in [0.717, 1.165) is 38.5 Å². The van der Waals surface area contributed by atoms with Gasteiger partial charge in [0.25, 0.3) is 0 Å². The lowest BCUT2D eigenvalue weighted by atomic mass is 10.1. The Morgan fingerprint density at radius 3 is 2.64 bits per heavy atom. The first kappa shape index (κ1) is 17.2. The minimum atomic E-state index is 0.521. The van der Waals surface area contributed by atoms with Crippen molar-refractivity contribution in [3.8, 4) is 22.8 Å². The Labute approximate surface area is 155 Å². The summed E-state index contributed by atoms with van der Waals surface area (Å²) in [7, 11) is 3.28. The van der Waals surface area contributed by atoms with Crippen molar-refractivity contribution >= 4 is 27.6 Å². The third-order valence-corrected chi connectivity index (χ3v) is 4.38. The zero-order valence-corrected chi connectivity index (χ0v) is 15.8. The molecule has 0 amide bonds. The van der Waals surface area contributed by atoms with Crippen molar-refractivity contribution in [2.75, 3.05) is 19.5 Å². The number of halogens is 1. The van der Waals surface area contributed by atoms with Crippen molar-refractivity contribution in [2.45, 2.75) is 6.92 Å². The van der Waals surface area contributed by atoms with Crippen LogP contribution in [0.2, 0.25) is 0 Å². The van der Waals surface area contributed by atoms with Gasteiger partial charge in [0, 0.05) is 23.5 Å². The maximum Gasteiger partial charge on any atom is 0.227 e. The molecular formula is C19H18BrN3O2. The van der Waals surface area contributed by atoms with Gasteiger partial charge >= 0.3 is 0 Å². The third kappa shape index (κ3) is 3.91. The van der Waals surface area contributed by atoms with Crippen LogP contribution < -0.4 is 14.8 Å². The van der Waals surface area contributed by atoms with Crippen LogP contribution in [0.1, 0.15) is 5.56 Å². The van der Waals surface area contributed by atoms with Crippen molar-refractivity contribution in [3.05, 3.63) is 58.7 Å². The van der Waals surface area contributed by atoms with Gasteiger partial charge in [0.2, 0.25) is 5.95 Å². The summed E-state index contributed by atoms with van der Waals surface area (Å²) in [6.45, 7) is 1.99. The molecule has 0 unspecified atom stereocenters. The number of ether oxygens (including phenoxy) is 2. The van der Waals surface area contributed by atoms with E-state index in [-0.39, 0.29) is 0 Å². The standard InChI is InChI=1S/C19H18BrN3O2/c1-12-11-21-19(22-14-7-8-16(20)17(10-14)25-3)23-18(12)13-5-4-6-15(9-13)24-2/h4-11H,1-3H3,(H,21,22,23). The van der Waals surface area contributed by atoms with E-state index in [0.29, 0.717) is 5.95 Å². The quantitative estimate of drug-likeness (QED) is 0.655. The van der Waals surface area contributed by atoms with Crippen LogP contribution in [-0.4, -0.2) is 24.2 Å². The second-order valence-electron chi connectivity index (χ2n) is 5.43. The van der Waals surface area contributed by atoms with E-state index in [2.05, 4.69) is 31.2 Å². The van der Waals surface area contributed by atoms with Gasteiger partial charge in [-0.25, -0.2) is 9.97 Å². The lowest BCUT2D eigenvalue weighted by Crippen LogP contribution is -2.00. The highest BCUT2D eigenvalue weighted by Crippen LogP contribution is 2.30. The van der Waals surface area contributed by atoms with Crippen LogP contribution in [0.3, 0.4) is 0 Å². The summed E-state index contributed by atoms with van der Waals surface area (Å²) >= 11 is 3.45. The lowest BCUT2D eigenvalue weighted by molar-refractivity contribution is 0.412. The molecule has 0 aliphatic rings. The highest BCUT2D eigenvalue weighted by atomic mass is 79.9. The largest absolute Gasteiger partial charge is 0.497 e. The maximum absolute atomic E-state index is 5.32. The van der Waals surface area contributed by atoms with E-state index in [4.69, 9.17) is 9.47 Å². The molecule has 0 aliphatic carbocycles. The molecule has 25 heavy (non-hydrogen) atoms. The Morgan fingerprint density at radius 1 is 1.04 bits per heavy atom. The fourth-order valence-electron chi connectivity index (χ4n) is 2.43. The van der Waals surface area contributed by atoms with Crippen LogP contribution in [0.5, 0.6) is 11.5 Å². The van der Waals surface area contributed by atoms with Gasteiger partial charge in [0.1, 0.15) is 11.5 Å². The maximum atomic E-state index is 5.32. The summed E-state index contributed by atoms with van der Waals surface area (Å²) in [5.74, 6) is 2.06. The number of methoxy groups -OCH3 is 2. The molecule has 0 spiro atoms. The van der Waals surface area contributed by atoms with E-state index in [9.17, 15) is 0 Å². The van der Waals surface area contributed by atoms with Gasteiger partial charge in [-0.3, -0.25) is 0 Å². The molecule has 0 saturated heterocycles. The van der Waals surface area contributed by atoms with E-state index < -0.39 is 0 Å². The molecule has 0 bridgehead atoms. The van der Waals surface area contributed by atoms with Gasteiger partial charge in [-0.2, -0.15) is 0 Å². The first-order chi connectivity index (χ1) is 12.1. The monoisotopic (exact) mass is 399 g/mol. The van der Waals surface area contributed by atoms with Crippen LogP contribution in [0.15, 0.2) is 53.1 Å². The van der Waals surface area contributed by atoms with Crippen LogP contribution in [0, 0.1) is 6.92 Å². The minimum absolute atomic E-state index is 0.521. The number of benzene rings is 2. The van der Waals surface area contributed by atoms with Crippen LogP contribution in [0.25, 0.3) is 11.3 Å².